The van der Waals surface area contributed by atoms with Gasteiger partial charge in [-0.2, -0.15) is 0 Å². The van der Waals surface area contributed by atoms with Gasteiger partial charge in [0.2, 0.25) is 0 Å². The topological polar surface area (TPSA) is 52.9 Å². The van der Waals surface area contributed by atoms with Crippen molar-refractivity contribution in [1.29, 1.82) is 0 Å². The summed E-state index contributed by atoms with van der Waals surface area (Å²) in [6.45, 7) is 12.0. The Morgan fingerprint density at radius 1 is 1.11 bits per heavy atom. The summed E-state index contributed by atoms with van der Waals surface area (Å²) in [5.74, 6) is 7.20. The zero-order chi connectivity index (χ0) is 25.9. The van der Waals surface area contributed by atoms with E-state index in [2.05, 4.69) is 48.8 Å². The maximum Gasteiger partial charge on any atom is 0.126 e. The third-order valence-electron chi connectivity index (χ3n) is 8.03. The van der Waals surface area contributed by atoms with E-state index in [-0.39, 0.29) is 23.9 Å². The van der Waals surface area contributed by atoms with Gasteiger partial charge in [0, 0.05) is 30.2 Å². The van der Waals surface area contributed by atoms with Crippen LogP contribution < -0.4 is 4.74 Å². The van der Waals surface area contributed by atoms with E-state index in [0.717, 1.165) is 12.2 Å². The molecule has 1 saturated carbocycles. The maximum atomic E-state index is 10.8. The van der Waals surface area contributed by atoms with Gasteiger partial charge < -0.3 is 19.8 Å². The molecule has 0 bridgehead atoms. The van der Waals surface area contributed by atoms with Crippen LogP contribution in [0, 0.1) is 23.7 Å². The zero-order valence-electron chi connectivity index (χ0n) is 23.1. The quantitative estimate of drug-likeness (QED) is 0.175. The lowest BCUT2D eigenvalue weighted by Crippen LogP contribution is -2.27. The van der Waals surface area contributed by atoms with Crippen molar-refractivity contribution in [3.63, 3.8) is 0 Å². The third kappa shape index (κ3) is 7.60. The first-order valence-corrected chi connectivity index (χ1v) is 14.4. The van der Waals surface area contributed by atoms with Crippen molar-refractivity contribution in [2.75, 3.05) is 19.6 Å². The molecule has 0 aromatic heterocycles. The van der Waals surface area contributed by atoms with E-state index < -0.39 is 12.2 Å². The first kappa shape index (κ1) is 28.8. The molecule has 0 amide bonds. The van der Waals surface area contributed by atoms with Crippen molar-refractivity contribution in [1.82, 2.24) is 4.90 Å². The Hall–Kier alpha value is -1.80. The van der Waals surface area contributed by atoms with E-state index in [1.807, 2.05) is 26.0 Å². The lowest BCUT2D eigenvalue weighted by molar-refractivity contribution is 0.134. The second-order valence-electron chi connectivity index (χ2n) is 10.9. The van der Waals surface area contributed by atoms with Crippen molar-refractivity contribution in [2.24, 2.45) is 11.8 Å². The number of hydrogen-bond acceptors (Lipinski definition) is 4. The number of para-hydroxylation sites is 1. The van der Waals surface area contributed by atoms with E-state index in [0.29, 0.717) is 12.8 Å². The molecule has 1 aliphatic heterocycles. The van der Waals surface area contributed by atoms with Gasteiger partial charge in [-0.3, -0.25) is 0 Å². The summed E-state index contributed by atoms with van der Waals surface area (Å²) < 4.78 is 6.47. The van der Waals surface area contributed by atoms with Crippen LogP contribution in [-0.2, 0) is 6.42 Å². The summed E-state index contributed by atoms with van der Waals surface area (Å²) in [6, 6.07) is 6.54. The Morgan fingerprint density at radius 2 is 1.83 bits per heavy atom. The van der Waals surface area contributed by atoms with Crippen molar-refractivity contribution in [3.8, 4) is 17.6 Å². The number of aryl methyl sites for hydroxylation is 1. The van der Waals surface area contributed by atoms with Crippen molar-refractivity contribution in [2.45, 2.75) is 110 Å². The van der Waals surface area contributed by atoms with Gasteiger partial charge in [0.1, 0.15) is 11.9 Å². The Morgan fingerprint density at radius 3 is 2.53 bits per heavy atom. The molecule has 200 valence electrons. The largest absolute Gasteiger partial charge is 0.489 e. The molecule has 6 atom stereocenters. The van der Waals surface area contributed by atoms with Gasteiger partial charge in [0.05, 0.1) is 12.2 Å². The number of fused-ring (bicyclic) bond motifs is 3. The highest BCUT2D eigenvalue weighted by Crippen LogP contribution is 2.52. The summed E-state index contributed by atoms with van der Waals surface area (Å²) >= 11 is 0. The SMILES string of the molecule is CC#CC[C@@H](C)[C@H](O)/C=C/[C@@H]1[C@H]2c3cccc(CCCCN(CCCC)CCCC)c3O[C@H]2C[C@H]1O. The fourth-order valence-corrected chi connectivity index (χ4v) is 5.73. The molecule has 1 fully saturated rings. The van der Waals surface area contributed by atoms with Gasteiger partial charge in [-0.1, -0.05) is 64.0 Å². The smallest absolute Gasteiger partial charge is 0.126 e. The van der Waals surface area contributed by atoms with Gasteiger partial charge in [-0.05, 0) is 70.1 Å². The number of hydrogen-bond donors (Lipinski definition) is 2. The zero-order valence-corrected chi connectivity index (χ0v) is 23.1. The molecule has 0 unspecified atom stereocenters. The van der Waals surface area contributed by atoms with Crippen LogP contribution in [0.15, 0.2) is 30.4 Å². The van der Waals surface area contributed by atoms with Gasteiger partial charge in [0.15, 0.2) is 0 Å². The fraction of sp³-hybridized carbons (Fsp3) is 0.688. The number of unbranched alkanes of at least 4 members (excludes halogenated alkanes) is 3. The van der Waals surface area contributed by atoms with Gasteiger partial charge in [-0.25, -0.2) is 0 Å². The number of aliphatic hydroxyl groups excluding tert-OH is 2. The van der Waals surface area contributed by atoms with E-state index in [1.54, 1.807) is 0 Å². The highest BCUT2D eigenvalue weighted by molar-refractivity contribution is 5.49. The lowest BCUT2D eigenvalue weighted by atomic mass is 9.86. The molecule has 0 saturated heterocycles. The minimum absolute atomic E-state index is 0.0184. The van der Waals surface area contributed by atoms with Crippen molar-refractivity contribution >= 4 is 0 Å². The summed E-state index contributed by atoms with van der Waals surface area (Å²) in [5.41, 5.74) is 2.54. The summed E-state index contributed by atoms with van der Waals surface area (Å²) in [4.78, 5) is 2.64. The Bertz CT molecular complexity index is 877. The molecule has 1 aromatic rings. The minimum atomic E-state index is -0.556. The average molecular weight is 496 g/mol. The Kier molecular flexibility index (Phi) is 11.8. The molecule has 0 spiro atoms. The second-order valence-corrected chi connectivity index (χ2v) is 10.9. The Labute approximate surface area is 220 Å². The maximum absolute atomic E-state index is 10.8. The van der Waals surface area contributed by atoms with E-state index >= 15 is 0 Å². The van der Waals surface area contributed by atoms with E-state index in [9.17, 15) is 10.2 Å². The molecule has 4 heteroatoms. The monoisotopic (exact) mass is 495 g/mol. The molecule has 36 heavy (non-hydrogen) atoms. The molecule has 3 rings (SSSR count). The molecule has 2 aliphatic rings. The van der Waals surface area contributed by atoms with Crippen LogP contribution in [0.4, 0.5) is 0 Å². The molecule has 4 nitrogen and oxygen atoms in total. The van der Waals surface area contributed by atoms with Crippen molar-refractivity contribution < 1.29 is 14.9 Å². The van der Waals surface area contributed by atoms with Crippen LogP contribution in [-0.4, -0.2) is 53.1 Å². The van der Waals surface area contributed by atoms with Crippen LogP contribution in [0.3, 0.4) is 0 Å². The fourth-order valence-electron chi connectivity index (χ4n) is 5.73. The molecule has 2 N–H and O–H groups in total. The van der Waals surface area contributed by atoms with Crippen LogP contribution in [0.25, 0.3) is 0 Å². The van der Waals surface area contributed by atoms with Gasteiger partial charge in [-0.15, -0.1) is 11.8 Å². The normalized spacial score (nSPS) is 24.3. The summed E-state index contributed by atoms with van der Waals surface area (Å²) in [6.07, 6.45) is 12.7. The molecule has 1 aliphatic carbocycles. The molecular formula is C32H49NO3. The van der Waals surface area contributed by atoms with Crippen LogP contribution >= 0.6 is 0 Å². The molecule has 0 radical (unpaired) electrons. The Balaban J connectivity index is 1.60. The number of benzene rings is 1. The first-order valence-electron chi connectivity index (χ1n) is 14.4. The number of rotatable bonds is 15. The van der Waals surface area contributed by atoms with Crippen LogP contribution in [0.2, 0.25) is 0 Å². The van der Waals surface area contributed by atoms with Crippen molar-refractivity contribution in [3.05, 3.63) is 41.5 Å². The first-order chi connectivity index (χ1) is 17.5. The van der Waals surface area contributed by atoms with E-state index in [4.69, 9.17) is 4.74 Å². The molecule has 1 heterocycles. The van der Waals surface area contributed by atoms with Crippen LogP contribution in [0.5, 0.6) is 5.75 Å². The molecule has 1 aromatic carbocycles. The van der Waals surface area contributed by atoms with Crippen LogP contribution in [0.1, 0.15) is 96.1 Å². The predicted molar refractivity (Wildman–Crippen MR) is 149 cm³/mol. The third-order valence-corrected chi connectivity index (χ3v) is 8.03. The molecular weight excluding hydrogens is 446 g/mol. The minimum Gasteiger partial charge on any atom is -0.489 e. The standard InChI is InChI=1S/C32H49NO3/c1-5-8-14-24(4)28(34)19-18-26-29(35)23-30-31(26)27-17-13-16-25(32(27)36-30)15-11-12-22-33(20-9-6-2)21-10-7-3/h13,16-19,24,26,28-31,34-35H,6-7,9-12,14-15,20-23H2,1-4H3/b19-18+/t24-,26+,28-,29-,30+,31+/m1/s1. The number of aliphatic hydroxyl groups is 2. The van der Waals surface area contributed by atoms with Gasteiger partial charge >= 0.3 is 0 Å². The highest BCUT2D eigenvalue weighted by atomic mass is 16.5. The van der Waals surface area contributed by atoms with E-state index in [1.165, 1.54) is 69.3 Å². The summed E-state index contributed by atoms with van der Waals surface area (Å²) in [7, 11) is 0. The predicted octanol–water partition coefficient (Wildman–Crippen LogP) is 6.10. The average Bonchev–Trinajstić information content (AvgIpc) is 3.39. The lowest BCUT2D eigenvalue weighted by Gasteiger charge is -2.22. The van der Waals surface area contributed by atoms with Gasteiger partial charge in [0.25, 0.3) is 0 Å². The number of ether oxygens (including phenoxy) is 1. The highest BCUT2D eigenvalue weighted by Gasteiger charge is 2.48. The number of nitrogens with zero attached hydrogens (tertiary/aromatic N) is 1. The second kappa shape index (κ2) is 14.8. The summed E-state index contributed by atoms with van der Waals surface area (Å²) in [5, 5.41) is 21.3.